The van der Waals surface area contributed by atoms with Crippen LogP contribution in [0.5, 0.6) is 0 Å². The molecule has 0 saturated carbocycles. The molecule has 41 heavy (non-hydrogen) atoms. The van der Waals surface area contributed by atoms with Gasteiger partial charge in [0.25, 0.3) is 0 Å². The lowest BCUT2D eigenvalue weighted by Crippen LogP contribution is -2.17. The van der Waals surface area contributed by atoms with E-state index < -0.39 is 0 Å². The molecule has 0 amide bonds. The van der Waals surface area contributed by atoms with Crippen molar-refractivity contribution in [2.45, 2.75) is 0 Å². The summed E-state index contributed by atoms with van der Waals surface area (Å²) in [7, 11) is 1.90. The maximum absolute atomic E-state index is 5.47. The van der Waals surface area contributed by atoms with E-state index in [0.717, 1.165) is 17.6 Å². The Morgan fingerprint density at radius 1 is 0.293 bits per heavy atom. The minimum Gasteiger partial charge on any atom is -0.378 e. The summed E-state index contributed by atoms with van der Waals surface area (Å²) in [6.07, 6.45) is 0. The van der Waals surface area contributed by atoms with Crippen LogP contribution >= 0.6 is 22.6 Å². The second-order valence-electron chi connectivity index (χ2n) is 8.14. The van der Waals surface area contributed by atoms with Crippen molar-refractivity contribution in [1.29, 1.82) is 0 Å². The number of rotatable bonds is 38. The molecule has 0 radical (unpaired) electrons. The average molecular weight is 714 g/mol. The van der Waals surface area contributed by atoms with Crippen molar-refractivity contribution in [3.8, 4) is 0 Å². The maximum atomic E-state index is 5.47. The first-order valence-corrected chi connectivity index (χ1v) is 16.1. The molecule has 1 N–H and O–H groups in total. The van der Waals surface area contributed by atoms with Gasteiger partial charge in [-0.15, -0.1) is 0 Å². The van der Waals surface area contributed by atoms with Crippen LogP contribution < -0.4 is 5.32 Å². The highest BCUT2D eigenvalue weighted by Crippen LogP contribution is 1.88. The normalized spacial score (nSPS) is 11.6. The maximum Gasteiger partial charge on any atom is 0.0701 e. The summed E-state index contributed by atoms with van der Waals surface area (Å²) in [6.45, 7) is 14.3. The number of hydrogen-bond donors (Lipinski definition) is 1. The topological polar surface area (TPSA) is 123 Å². The van der Waals surface area contributed by atoms with Gasteiger partial charge < -0.3 is 62.2 Å². The van der Waals surface area contributed by atoms with E-state index in [0.29, 0.717) is 152 Å². The molecule has 14 heteroatoms. The Bertz CT molecular complexity index is 423. The predicted octanol–water partition coefficient (Wildman–Crippen LogP) is 0.840. The molecule has 0 bridgehead atoms. The van der Waals surface area contributed by atoms with E-state index in [1.165, 1.54) is 0 Å². The number of halogens is 1. The molecular weight excluding hydrogens is 657 g/mol. The number of hydrogen-bond acceptors (Lipinski definition) is 13. The largest absolute Gasteiger partial charge is 0.378 e. The third-order valence-electron chi connectivity index (χ3n) is 4.81. The first-order valence-electron chi connectivity index (χ1n) is 14.5. The Morgan fingerprint density at radius 3 is 0.634 bits per heavy atom. The third-order valence-corrected chi connectivity index (χ3v) is 5.25. The SMILES string of the molecule is CNCCOCCOCCOCCOCCOCCOCCOCCOCCOCCOCCOCCOCCI. The van der Waals surface area contributed by atoms with E-state index in [4.69, 9.17) is 56.8 Å². The molecule has 0 saturated heterocycles. The fourth-order valence-corrected chi connectivity index (χ4v) is 3.06. The van der Waals surface area contributed by atoms with E-state index in [1.807, 2.05) is 7.05 Å². The molecule has 0 aliphatic carbocycles. The molecule has 0 aromatic rings. The van der Waals surface area contributed by atoms with Gasteiger partial charge in [0.05, 0.1) is 159 Å². The standard InChI is InChI=1S/C27H56INO12/c1-29-3-5-31-7-9-33-11-13-35-15-17-37-19-21-39-23-25-41-27-26-40-24-22-38-20-18-36-16-14-34-12-10-32-8-6-30-4-2-28/h29H,2-27H2,1H3. The summed E-state index contributed by atoms with van der Waals surface area (Å²) in [5, 5.41) is 3.02. The van der Waals surface area contributed by atoms with Crippen LogP contribution in [0, 0.1) is 0 Å². The highest BCUT2D eigenvalue weighted by atomic mass is 127. The van der Waals surface area contributed by atoms with Crippen LogP contribution in [0.1, 0.15) is 0 Å². The molecule has 0 aromatic heterocycles. The highest BCUT2D eigenvalue weighted by molar-refractivity contribution is 14.1. The monoisotopic (exact) mass is 713 g/mol. The van der Waals surface area contributed by atoms with Gasteiger partial charge in [0, 0.05) is 11.0 Å². The summed E-state index contributed by atoms with van der Waals surface area (Å²) in [5.41, 5.74) is 0. The van der Waals surface area contributed by atoms with Gasteiger partial charge >= 0.3 is 0 Å². The molecule has 0 aliphatic heterocycles. The van der Waals surface area contributed by atoms with Gasteiger partial charge in [-0.1, -0.05) is 22.6 Å². The Kier molecular flexibility index (Phi) is 40.4. The van der Waals surface area contributed by atoms with E-state index in [1.54, 1.807) is 0 Å². The molecule has 0 aromatic carbocycles. The van der Waals surface area contributed by atoms with Crippen LogP contribution in [0.25, 0.3) is 0 Å². The highest BCUT2D eigenvalue weighted by Gasteiger charge is 1.96. The molecule has 0 spiro atoms. The van der Waals surface area contributed by atoms with Gasteiger partial charge in [0.1, 0.15) is 0 Å². The lowest BCUT2D eigenvalue weighted by atomic mass is 10.6. The van der Waals surface area contributed by atoms with Crippen molar-refractivity contribution in [2.75, 3.05) is 177 Å². The Balaban J connectivity index is 3.02. The van der Waals surface area contributed by atoms with Crippen LogP contribution in [-0.2, 0) is 56.8 Å². The van der Waals surface area contributed by atoms with Crippen LogP contribution in [0.4, 0.5) is 0 Å². The number of ether oxygens (including phenoxy) is 12. The minimum atomic E-state index is 0.519. The van der Waals surface area contributed by atoms with Crippen LogP contribution in [-0.4, -0.2) is 177 Å². The van der Waals surface area contributed by atoms with Crippen LogP contribution in [0.2, 0.25) is 0 Å². The van der Waals surface area contributed by atoms with Gasteiger partial charge in [-0.05, 0) is 7.05 Å². The first-order chi connectivity index (χ1) is 20.4. The summed E-state index contributed by atoms with van der Waals surface area (Å²) < 4.78 is 66.1. The smallest absolute Gasteiger partial charge is 0.0701 e. The zero-order valence-electron chi connectivity index (χ0n) is 25.2. The summed E-state index contributed by atoms with van der Waals surface area (Å²) >= 11 is 2.28. The fraction of sp³-hybridized carbons (Fsp3) is 1.00. The van der Waals surface area contributed by atoms with E-state index in [-0.39, 0.29) is 0 Å². The van der Waals surface area contributed by atoms with Crippen molar-refractivity contribution in [1.82, 2.24) is 5.32 Å². The molecule has 0 atom stereocenters. The molecule has 248 valence electrons. The summed E-state index contributed by atoms with van der Waals surface area (Å²) in [6, 6.07) is 0. The zero-order valence-corrected chi connectivity index (χ0v) is 27.3. The second-order valence-corrected chi connectivity index (χ2v) is 9.22. The molecule has 0 fully saturated rings. The van der Waals surface area contributed by atoms with Crippen molar-refractivity contribution in [2.24, 2.45) is 0 Å². The van der Waals surface area contributed by atoms with Gasteiger partial charge in [0.2, 0.25) is 0 Å². The zero-order chi connectivity index (χ0) is 29.6. The number of nitrogens with one attached hydrogen (secondary N) is 1. The number of likely N-dealkylation sites (N-methyl/N-ethyl adjacent to an activating group) is 1. The van der Waals surface area contributed by atoms with E-state index in [2.05, 4.69) is 27.9 Å². The summed E-state index contributed by atoms with van der Waals surface area (Å²) in [5.74, 6) is 0. The van der Waals surface area contributed by atoms with Crippen molar-refractivity contribution < 1.29 is 56.8 Å². The van der Waals surface area contributed by atoms with E-state index >= 15 is 0 Å². The van der Waals surface area contributed by atoms with Gasteiger partial charge in [-0.2, -0.15) is 0 Å². The molecule has 0 rings (SSSR count). The Morgan fingerprint density at radius 2 is 0.463 bits per heavy atom. The Labute approximate surface area is 260 Å². The van der Waals surface area contributed by atoms with E-state index in [9.17, 15) is 0 Å². The van der Waals surface area contributed by atoms with Crippen LogP contribution in [0.15, 0.2) is 0 Å². The average Bonchev–Trinajstić information content (AvgIpc) is 2.98. The second kappa shape index (κ2) is 40.2. The quantitative estimate of drug-likeness (QED) is 0.0554. The Hall–Kier alpha value is 0.210. The van der Waals surface area contributed by atoms with Crippen molar-refractivity contribution >= 4 is 22.6 Å². The third kappa shape index (κ3) is 40.2. The van der Waals surface area contributed by atoms with Gasteiger partial charge in [-0.25, -0.2) is 0 Å². The van der Waals surface area contributed by atoms with Gasteiger partial charge in [0.15, 0.2) is 0 Å². The van der Waals surface area contributed by atoms with Crippen molar-refractivity contribution in [3.05, 3.63) is 0 Å². The molecular formula is C27H56INO12. The lowest BCUT2D eigenvalue weighted by Gasteiger charge is -2.09. The molecule has 13 nitrogen and oxygen atoms in total. The summed E-state index contributed by atoms with van der Waals surface area (Å²) in [4.78, 5) is 0. The predicted molar refractivity (Wildman–Crippen MR) is 163 cm³/mol. The molecule has 0 heterocycles. The number of alkyl halides is 1. The van der Waals surface area contributed by atoms with Crippen molar-refractivity contribution in [3.63, 3.8) is 0 Å². The minimum absolute atomic E-state index is 0.519. The molecule has 0 aliphatic rings. The van der Waals surface area contributed by atoms with Crippen LogP contribution in [0.3, 0.4) is 0 Å². The molecule has 0 unspecified atom stereocenters. The lowest BCUT2D eigenvalue weighted by molar-refractivity contribution is -0.0282. The van der Waals surface area contributed by atoms with Gasteiger partial charge in [-0.3, -0.25) is 0 Å². The fourth-order valence-electron chi connectivity index (χ4n) is 2.75. The first kappa shape index (κ1) is 41.2.